The van der Waals surface area contributed by atoms with E-state index in [4.69, 9.17) is 6.57 Å². The van der Waals surface area contributed by atoms with Crippen LogP contribution in [0.5, 0.6) is 0 Å². The van der Waals surface area contributed by atoms with Crippen molar-refractivity contribution in [1.29, 1.82) is 5.26 Å². The van der Waals surface area contributed by atoms with Crippen molar-refractivity contribution < 1.29 is 17.6 Å². The van der Waals surface area contributed by atoms with Gasteiger partial charge in [0.1, 0.15) is 23.3 Å². The van der Waals surface area contributed by atoms with Crippen molar-refractivity contribution in [3.63, 3.8) is 0 Å². The number of hydrogen-bond acceptors (Lipinski definition) is 3. The lowest BCUT2D eigenvalue weighted by Crippen LogP contribution is -2.39. The number of benzene rings is 10. The van der Waals surface area contributed by atoms with Crippen molar-refractivity contribution in [2.75, 3.05) is 9.80 Å². The van der Waals surface area contributed by atoms with Gasteiger partial charge in [0, 0.05) is 45.4 Å². The van der Waals surface area contributed by atoms with Crippen molar-refractivity contribution in [2.24, 2.45) is 0 Å². The Bertz CT molecular complexity index is 3520. The Morgan fingerprint density at radius 2 is 0.843 bits per heavy atom. The van der Waals surface area contributed by atoms with E-state index >= 15 is 17.6 Å². The van der Waals surface area contributed by atoms with Gasteiger partial charge < -0.3 is 9.80 Å². The van der Waals surface area contributed by atoms with Gasteiger partial charge in [-0.05, 0) is 93.3 Å². The van der Waals surface area contributed by atoms with Crippen molar-refractivity contribution in [1.82, 2.24) is 0 Å². The SMILES string of the molecule is [C-]#[N+]c1ccc(N(c2cc(-c3ccccc3[Si](C)(C)C)c(F)cc2F)c2ccc3ccc4c(N(c5ccc(C#N)cc5)c5cc(-c6ccccc6[Si](C)(C)C)c(F)cc5F)ccc5ccc2c3c54)cc1. The van der Waals surface area contributed by atoms with Gasteiger partial charge in [0.2, 0.25) is 0 Å². The smallest absolute Gasteiger partial charge is 0.187 e. The van der Waals surface area contributed by atoms with Crippen LogP contribution >= 0.6 is 0 Å². The number of halogens is 4. The van der Waals surface area contributed by atoms with E-state index < -0.39 is 39.4 Å². The summed E-state index contributed by atoms with van der Waals surface area (Å²) in [6, 6.07) is 52.3. The third kappa shape index (κ3) is 7.95. The standard InChI is InChI=1S/C60H46F4N4Si2/c1-66-40-22-26-42(27-23-40)68(56-33-48(50(62)35-52(56)64)44-13-9-11-15-58(44)70(5,6)7)54-31-21-39-18-28-45-53(30-20-38-19-29-46(54)60(39)59(38)45)67(41-24-16-37(36-65)17-25-41)55-32-47(49(61)34-51(55)63)43-12-8-10-14-57(43)69(2,3)4/h8-35H,2-7H3. The van der Waals surface area contributed by atoms with Crippen LogP contribution in [0.25, 0.3) is 59.4 Å². The highest BCUT2D eigenvalue weighted by atomic mass is 28.3. The lowest BCUT2D eigenvalue weighted by molar-refractivity contribution is 0.586. The molecule has 0 aliphatic heterocycles. The molecule has 0 atom stereocenters. The molecule has 0 fully saturated rings. The molecule has 0 radical (unpaired) electrons. The Kier molecular flexibility index (Phi) is 11.4. The molecule has 0 spiro atoms. The Balaban J connectivity index is 1.23. The maximum Gasteiger partial charge on any atom is 0.187 e. The van der Waals surface area contributed by atoms with Crippen LogP contribution in [-0.4, -0.2) is 16.1 Å². The zero-order valence-corrected chi connectivity index (χ0v) is 41.5. The molecule has 0 heterocycles. The normalized spacial score (nSPS) is 11.8. The fourth-order valence-electron chi connectivity index (χ4n) is 9.91. The van der Waals surface area contributed by atoms with Gasteiger partial charge in [-0.25, -0.2) is 22.4 Å². The van der Waals surface area contributed by atoms with Gasteiger partial charge in [0.05, 0.1) is 57.1 Å². The van der Waals surface area contributed by atoms with Crippen LogP contribution in [0.15, 0.2) is 170 Å². The first-order valence-corrected chi connectivity index (χ1v) is 30.0. The molecule has 10 heteroatoms. The summed E-state index contributed by atoms with van der Waals surface area (Å²) in [7, 11) is -4.01. The maximum absolute atomic E-state index is 16.8. The van der Waals surface area contributed by atoms with E-state index in [1.807, 2.05) is 97.1 Å². The van der Waals surface area contributed by atoms with Crippen LogP contribution in [-0.2, 0) is 0 Å². The first-order valence-electron chi connectivity index (χ1n) is 23.0. The molecule has 4 nitrogen and oxygen atoms in total. The largest absolute Gasteiger partial charge is 0.307 e. The molecule has 0 saturated heterocycles. The van der Waals surface area contributed by atoms with Crippen LogP contribution < -0.4 is 20.2 Å². The lowest BCUT2D eigenvalue weighted by Gasteiger charge is -2.30. The van der Waals surface area contributed by atoms with Gasteiger partial charge in [-0.1, -0.05) is 147 Å². The summed E-state index contributed by atoms with van der Waals surface area (Å²) in [5, 5.41) is 16.9. The second kappa shape index (κ2) is 17.5. The average molecular weight is 955 g/mol. The van der Waals surface area contributed by atoms with Crippen LogP contribution in [0.3, 0.4) is 0 Å². The molecule has 10 rings (SSSR count). The van der Waals surface area contributed by atoms with E-state index in [2.05, 4.69) is 50.2 Å². The van der Waals surface area contributed by atoms with Gasteiger partial charge in [0.15, 0.2) is 5.69 Å². The molecular formula is C60H46F4N4Si2. The Morgan fingerprint density at radius 3 is 1.24 bits per heavy atom. The van der Waals surface area contributed by atoms with Gasteiger partial charge >= 0.3 is 0 Å². The molecule has 0 saturated carbocycles. The summed E-state index contributed by atoms with van der Waals surface area (Å²) in [5.74, 6) is -2.87. The predicted molar refractivity (Wildman–Crippen MR) is 287 cm³/mol. The molecule has 10 aromatic rings. The van der Waals surface area contributed by atoms with Crippen LogP contribution in [0.2, 0.25) is 39.3 Å². The van der Waals surface area contributed by atoms with E-state index in [0.717, 1.165) is 54.8 Å². The molecule has 0 aliphatic rings. The molecule has 0 N–H and O–H groups in total. The second-order valence-electron chi connectivity index (χ2n) is 19.7. The second-order valence-corrected chi connectivity index (χ2v) is 29.8. The first-order chi connectivity index (χ1) is 33.5. The minimum Gasteiger partial charge on any atom is -0.307 e. The number of anilines is 6. The molecular weight excluding hydrogens is 909 g/mol. The Hall–Kier alpha value is -8.03. The van der Waals surface area contributed by atoms with Crippen LogP contribution in [0.1, 0.15) is 5.56 Å². The summed E-state index contributed by atoms with van der Waals surface area (Å²) in [6.07, 6.45) is 0. The summed E-state index contributed by atoms with van der Waals surface area (Å²) >= 11 is 0. The summed E-state index contributed by atoms with van der Waals surface area (Å²) < 4.78 is 66.2. The van der Waals surface area contributed by atoms with E-state index in [-0.39, 0.29) is 22.5 Å². The van der Waals surface area contributed by atoms with E-state index in [9.17, 15) is 5.26 Å². The minimum atomic E-state index is -2.00. The fraction of sp³-hybridized carbons (Fsp3) is 0.100. The number of nitriles is 1. The Labute approximate surface area is 407 Å². The van der Waals surface area contributed by atoms with Crippen molar-refractivity contribution in [3.05, 3.63) is 210 Å². The minimum absolute atomic E-state index is 0.120. The zero-order chi connectivity index (χ0) is 49.2. The Morgan fingerprint density at radius 1 is 0.443 bits per heavy atom. The van der Waals surface area contributed by atoms with Gasteiger partial charge in [-0.15, -0.1) is 0 Å². The van der Waals surface area contributed by atoms with Crippen LogP contribution in [0, 0.1) is 41.2 Å². The summed E-state index contributed by atoms with van der Waals surface area (Å²) in [4.78, 5) is 7.17. The highest BCUT2D eigenvalue weighted by molar-refractivity contribution is 6.90. The van der Waals surface area contributed by atoms with Gasteiger partial charge in [-0.2, -0.15) is 5.26 Å². The summed E-state index contributed by atoms with van der Waals surface area (Å²) in [5.41, 5.74) is 5.38. The van der Waals surface area contributed by atoms with E-state index in [0.29, 0.717) is 45.1 Å². The topological polar surface area (TPSA) is 34.6 Å². The van der Waals surface area contributed by atoms with Crippen molar-refractivity contribution in [3.8, 4) is 28.3 Å². The van der Waals surface area contributed by atoms with Gasteiger partial charge in [0.25, 0.3) is 0 Å². The number of rotatable bonds is 10. The molecule has 342 valence electrons. The van der Waals surface area contributed by atoms with E-state index in [1.165, 1.54) is 0 Å². The number of hydrogen-bond donors (Lipinski definition) is 0. The first kappa shape index (κ1) is 45.7. The molecule has 70 heavy (non-hydrogen) atoms. The molecule has 10 aromatic carbocycles. The highest BCUT2D eigenvalue weighted by Gasteiger charge is 2.29. The number of nitrogens with zero attached hydrogens (tertiary/aromatic N) is 4. The molecule has 0 aliphatic carbocycles. The molecule has 0 aromatic heterocycles. The van der Waals surface area contributed by atoms with Crippen LogP contribution in [0.4, 0.5) is 57.4 Å². The molecule has 0 unspecified atom stereocenters. The maximum atomic E-state index is 16.8. The molecule has 0 amide bonds. The highest BCUT2D eigenvalue weighted by Crippen LogP contribution is 2.49. The quantitative estimate of drug-likeness (QED) is 0.0593. The summed E-state index contributed by atoms with van der Waals surface area (Å²) in [6.45, 7) is 20.8. The van der Waals surface area contributed by atoms with Gasteiger partial charge in [-0.3, -0.25) is 0 Å². The van der Waals surface area contributed by atoms with Crippen molar-refractivity contribution in [2.45, 2.75) is 39.3 Å². The monoisotopic (exact) mass is 954 g/mol. The van der Waals surface area contributed by atoms with E-state index in [1.54, 1.807) is 70.5 Å². The third-order valence-corrected chi connectivity index (χ3v) is 17.3. The fourth-order valence-corrected chi connectivity index (χ4v) is 13.2. The molecule has 0 bridgehead atoms. The average Bonchev–Trinajstić information content (AvgIpc) is 3.35. The predicted octanol–water partition coefficient (Wildman–Crippen LogP) is 16.9. The van der Waals surface area contributed by atoms with Crippen molar-refractivity contribution >= 4 is 98.7 Å². The zero-order valence-electron chi connectivity index (χ0n) is 39.5. The third-order valence-electron chi connectivity index (χ3n) is 13.2. The lowest BCUT2D eigenvalue weighted by atomic mass is 9.91.